The van der Waals surface area contributed by atoms with Gasteiger partial charge in [-0.3, -0.25) is 4.79 Å². The van der Waals surface area contributed by atoms with Crippen LogP contribution in [-0.2, 0) is 17.8 Å². The van der Waals surface area contributed by atoms with Crippen molar-refractivity contribution in [3.63, 3.8) is 0 Å². The monoisotopic (exact) mass is 419 g/mol. The molecule has 0 unspecified atom stereocenters. The van der Waals surface area contributed by atoms with Crippen molar-refractivity contribution >= 4 is 16.9 Å². The number of amides is 1. The van der Waals surface area contributed by atoms with Crippen molar-refractivity contribution in [3.8, 4) is 5.75 Å². The molecule has 1 amide bonds. The van der Waals surface area contributed by atoms with Gasteiger partial charge in [0.1, 0.15) is 11.6 Å². The average molecular weight is 420 g/mol. The molecule has 1 heterocycles. The van der Waals surface area contributed by atoms with Crippen LogP contribution in [0.4, 0.5) is 0 Å². The molecule has 4 rings (SSSR count). The lowest BCUT2D eigenvalue weighted by molar-refractivity contribution is -0.125. The van der Waals surface area contributed by atoms with E-state index in [1.807, 2.05) is 36.4 Å². The Labute approximate surface area is 184 Å². The Morgan fingerprint density at radius 2 is 1.77 bits per heavy atom. The van der Waals surface area contributed by atoms with E-state index in [0.29, 0.717) is 13.2 Å². The first-order valence-electron chi connectivity index (χ1n) is 11.7. The molecule has 1 aliphatic carbocycles. The second-order valence-corrected chi connectivity index (χ2v) is 8.41. The number of benzene rings is 2. The summed E-state index contributed by atoms with van der Waals surface area (Å²) in [4.78, 5) is 17.3. The Bertz CT molecular complexity index is 961. The highest BCUT2D eigenvalue weighted by molar-refractivity contribution is 5.78. The molecule has 1 fully saturated rings. The molecular weight excluding hydrogens is 386 g/mol. The number of aromatic nitrogens is 2. The van der Waals surface area contributed by atoms with E-state index in [2.05, 4.69) is 28.1 Å². The number of fused-ring (bicyclic) bond motifs is 1. The Hall–Kier alpha value is -2.82. The van der Waals surface area contributed by atoms with Crippen molar-refractivity contribution in [2.75, 3.05) is 13.2 Å². The smallest absolute Gasteiger partial charge is 0.223 e. The van der Waals surface area contributed by atoms with Gasteiger partial charge >= 0.3 is 0 Å². The highest BCUT2D eigenvalue weighted by Crippen LogP contribution is 2.23. The van der Waals surface area contributed by atoms with E-state index >= 15 is 0 Å². The highest BCUT2D eigenvalue weighted by Gasteiger charge is 2.20. The van der Waals surface area contributed by atoms with Crippen LogP contribution in [0, 0.1) is 5.92 Å². The van der Waals surface area contributed by atoms with Gasteiger partial charge < -0.3 is 14.6 Å². The zero-order valence-corrected chi connectivity index (χ0v) is 18.3. The highest BCUT2D eigenvalue weighted by atomic mass is 16.5. The number of nitrogens with one attached hydrogen (secondary N) is 1. The number of rotatable bonds is 10. The van der Waals surface area contributed by atoms with Crippen LogP contribution in [0.2, 0.25) is 0 Å². The fourth-order valence-electron chi connectivity index (χ4n) is 4.45. The lowest BCUT2D eigenvalue weighted by Crippen LogP contribution is -2.33. The van der Waals surface area contributed by atoms with Crippen LogP contribution < -0.4 is 10.1 Å². The number of para-hydroxylation sites is 3. The summed E-state index contributed by atoms with van der Waals surface area (Å²) in [6, 6.07) is 18.2. The van der Waals surface area contributed by atoms with Crippen molar-refractivity contribution in [2.24, 2.45) is 5.92 Å². The molecule has 1 aliphatic rings. The number of hydrogen-bond acceptors (Lipinski definition) is 3. The summed E-state index contributed by atoms with van der Waals surface area (Å²) in [7, 11) is 0. The fourth-order valence-corrected chi connectivity index (χ4v) is 4.45. The Morgan fingerprint density at radius 3 is 2.61 bits per heavy atom. The third-order valence-corrected chi connectivity index (χ3v) is 6.15. The van der Waals surface area contributed by atoms with Crippen molar-refractivity contribution in [3.05, 3.63) is 60.4 Å². The minimum Gasteiger partial charge on any atom is -0.494 e. The standard InChI is InChI=1S/C26H33N3O2/c30-26(21-11-3-1-4-12-21)27-18-17-25-28-23-15-7-8-16-24(23)29(25)19-9-10-20-31-22-13-5-2-6-14-22/h2,5-8,13-16,21H,1,3-4,9-12,17-20H2,(H,27,30). The fraction of sp³-hybridized carbons (Fsp3) is 0.462. The molecule has 0 aliphatic heterocycles. The van der Waals surface area contributed by atoms with E-state index in [-0.39, 0.29) is 11.8 Å². The summed E-state index contributed by atoms with van der Waals surface area (Å²) in [5.74, 6) is 2.40. The number of imidazole rings is 1. The molecule has 2 aromatic carbocycles. The average Bonchev–Trinajstić information content (AvgIpc) is 3.17. The molecule has 0 radical (unpaired) electrons. The van der Waals surface area contributed by atoms with Gasteiger partial charge in [-0.2, -0.15) is 0 Å². The van der Waals surface area contributed by atoms with Gasteiger partial charge in [0.05, 0.1) is 17.6 Å². The van der Waals surface area contributed by atoms with Crippen LogP contribution in [0.3, 0.4) is 0 Å². The van der Waals surface area contributed by atoms with Crippen molar-refractivity contribution < 1.29 is 9.53 Å². The number of aryl methyl sites for hydroxylation is 1. The van der Waals surface area contributed by atoms with E-state index in [4.69, 9.17) is 9.72 Å². The maximum atomic E-state index is 12.5. The zero-order valence-electron chi connectivity index (χ0n) is 18.3. The normalized spacial score (nSPS) is 14.6. The van der Waals surface area contributed by atoms with Gasteiger partial charge in [-0.1, -0.05) is 49.6 Å². The Balaban J connectivity index is 1.30. The maximum absolute atomic E-state index is 12.5. The van der Waals surface area contributed by atoms with Crippen LogP contribution in [0.15, 0.2) is 54.6 Å². The van der Waals surface area contributed by atoms with Gasteiger partial charge in [0.15, 0.2) is 0 Å². The SMILES string of the molecule is O=C(NCCc1nc2ccccc2n1CCCCOc1ccccc1)C1CCCCC1. The van der Waals surface area contributed by atoms with Crippen LogP contribution in [0.1, 0.15) is 50.8 Å². The summed E-state index contributed by atoms with van der Waals surface area (Å²) < 4.78 is 8.13. The molecule has 0 spiro atoms. The van der Waals surface area contributed by atoms with E-state index in [9.17, 15) is 4.79 Å². The second-order valence-electron chi connectivity index (χ2n) is 8.41. The van der Waals surface area contributed by atoms with Crippen molar-refractivity contribution in [1.82, 2.24) is 14.9 Å². The van der Waals surface area contributed by atoms with E-state index in [1.165, 1.54) is 24.8 Å². The summed E-state index contributed by atoms with van der Waals surface area (Å²) in [5.41, 5.74) is 2.19. The first-order valence-corrected chi connectivity index (χ1v) is 11.7. The van der Waals surface area contributed by atoms with Gasteiger partial charge in [-0.05, 0) is 49.9 Å². The van der Waals surface area contributed by atoms with Gasteiger partial charge in [0, 0.05) is 25.4 Å². The molecule has 5 nitrogen and oxygen atoms in total. The molecule has 5 heteroatoms. The Morgan fingerprint density at radius 1 is 1.00 bits per heavy atom. The molecule has 0 bridgehead atoms. The summed E-state index contributed by atoms with van der Waals surface area (Å²) in [6.45, 7) is 2.27. The minimum atomic E-state index is 0.206. The van der Waals surface area contributed by atoms with Crippen molar-refractivity contribution in [1.29, 1.82) is 0 Å². The van der Waals surface area contributed by atoms with Gasteiger partial charge in [0.2, 0.25) is 5.91 Å². The third kappa shape index (κ3) is 5.87. The lowest BCUT2D eigenvalue weighted by Gasteiger charge is -2.20. The molecular formula is C26H33N3O2. The largest absolute Gasteiger partial charge is 0.494 e. The number of ether oxygens (including phenoxy) is 1. The molecule has 1 saturated carbocycles. The van der Waals surface area contributed by atoms with Gasteiger partial charge in [-0.15, -0.1) is 0 Å². The van der Waals surface area contributed by atoms with Crippen LogP contribution in [0.5, 0.6) is 5.75 Å². The first kappa shape index (κ1) is 21.4. The first-order chi connectivity index (χ1) is 15.3. The number of unbranched alkanes of at least 4 members (excludes halogenated alkanes) is 1. The van der Waals surface area contributed by atoms with Gasteiger partial charge in [-0.25, -0.2) is 4.98 Å². The predicted octanol–water partition coefficient (Wildman–Crippen LogP) is 5.13. The summed E-state index contributed by atoms with van der Waals surface area (Å²) >= 11 is 0. The lowest BCUT2D eigenvalue weighted by atomic mass is 9.89. The number of nitrogens with zero attached hydrogens (tertiary/aromatic N) is 2. The predicted molar refractivity (Wildman–Crippen MR) is 124 cm³/mol. The number of carbonyl (C=O) groups excluding carboxylic acids is 1. The van der Waals surface area contributed by atoms with Crippen LogP contribution in [0.25, 0.3) is 11.0 Å². The second kappa shape index (κ2) is 11.0. The van der Waals surface area contributed by atoms with Gasteiger partial charge in [0.25, 0.3) is 0 Å². The van der Waals surface area contributed by atoms with E-state index < -0.39 is 0 Å². The molecule has 1 aromatic heterocycles. The Kier molecular flexibility index (Phi) is 7.59. The minimum absolute atomic E-state index is 0.206. The quantitative estimate of drug-likeness (QED) is 0.463. The van der Waals surface area contributed by atoms with E-state index in [0.717, 1.165) is 55.7 Å². The van der Waals surface area contributed by atoms with Crippen LogP contribution >= 0.6 is 0 Å². The topological polar surface area (TPSA) is 56.2 Å². The number of hydrogen-bond donors (Lipinski definition) is 1. The third-order valence-electron chi connectivity index (χ3n) is 6.15. The maximum Gasteiger partial charge on any atom is 0.223 e. The molecule has 0 saturated heterocycles. The zero-order chi connectivity index (χ0) is 21.3. The molecule has 3 aromatic rings. The van der Waals surface area contributed by atoms with Crippen LogP contribution in [-0.4, -0.2) is 28.6 Å². The molecule has 0 atom stereocenters. The van der Waals surface area contributed by atoms with Crippen molar-refractivity contribution in [2.45, 2.75) is 57.9 Å². The molecule has 1 N–H and O–H groups in total. The molecule has 31 heavy (non-hydrogen) atoms. The molecule has 164 valence electrons. The number of carbonyl (C=O) groups is 1. The summed E-state index contributed by atoms with van der Waals surface area (Å²) in [6.07, 6.45) is 8.47. The van der Waals surface area contributed by atoms with E-state index in [1.54, 1.807) is 0 Å². The summed E-state index contributed by atoms with van der Waals surface area (Å²) in [5, 5.41) is 3.15.